The van der Waals surface area contributed by atoms with Crippen molar-refractivity contribution < 1.29 is 14.6 Å². The van der Waals surface area contributed by atoms with Gasteiger partial charge < -0.3 is 20.9 Å². The monoisotopic (exact) mass is 194 g/mol. The van der Waals surface area contributed by atoms with E-state index in [0.29, 0.717) is 5.69 Å². The fourth-order valence-corrected chi connectivity index (χ4v) is 1.25. The van der Waals surface area contributed by atoms with Crippen molar-refractivity contribution in [1.29, 1.82) is 0 Å². The van der Waals surface area contributed by atoms with Gasteiger partial charge in [0.15, 0.2) is 11.5 Å². The maximum atomic E-state index is 11.3. The summed E-state index contributed by atoms with van der Waals surface area (Å²) < 4.78 is 5.20. The smallest absolute Gasteiger partial charge is 0.244 e. The summed E-state index contributed by atoms with van der Waals surface area (Å²) in [7, 11) is 0. The van der Waals surface area contributed by atoms with E-state index < -0.39 is 6.04 Å². The van der Waals surface area contributed by atoms with Crippen molar-refractivity contribution in [2.45, 2.75) is 6.04 Å². The Bertz CT molecular complexity index is 378. The Morgan fingerprint density at radius 3 is 3.14 bits per heavy atom. The number of para-hydroxylation sites is 1. The van der Waals surface area contributed by atoms with Crippen LogP contribution in [0.4, 0.5) is 5.69 Å². The van der Waals surface area contributed by atoms with E-state index >= 15 is 0 Å². The number of fused-ring (bicyclic) bond motifs is 1. The second-order valence-electron chi connectivity index (χ2n) is 3.06. The van der Waals surface area contributed by atoms with Gasteiger partial charge in [-0.25, -0.2) is 0 Å². The number of nitrogens with two attached hydrogens (primary N) is 1. The minimum atomic E-state index is -0.707. The molecule has 0 spiro atoms. The zero-order valence-corrected chi connectivity index (χ0v) is 7.36. The predicted molar refractivity (Wildman–Crippen MR) is 50.2 cm³/mol. The molecule has 74 valence electrons. The first-order chi connectivity index (χ1) is 6.68. The first kappa shape index (κ1) is 8.83. The number of benzene rings is 1. The lowest BCUT2D eigenvalue weighted by Crippen LogP contribution is -2.38. The molecule has 0 radical (unpaired) electrons. The van der Waals surface area contributed by atoms with Crippen LogP contribution < -0.4 is 15.8 Å². The van der Waals surface area contributed by atoms with Crippen molar-refractivity contribution in [1.82, 2.24) is 0 Å². The molecule has 1 unspecified atom stereocenters. The molecule has 1 aromatic carbocycles. The van der Waals surface area contributed by atoms with Crippen LogP contribution >= 0.6 is 0 Å². The lowest BCUT2D eigenvalue weighted by Gasteiger charge is -2.07. The third-order valence-electron chi connectivity index (χ3n) is 2.00. The van der Waals surface area contributed by atoms with Crippen molar-refractivity contribution >= 4 is 11.6 Å². The number of hydrogen-bond donors (Lipinski definition) is 3. The standard InChI is InChI=1S/C9H10N2O3/c10-5-4-14-8-6(11-9(5)13)2-1-3-7(8)12/h1-3,5,12H,4,10H2,(H,11,13). The molecule has 5 nitrogen and oxygen atoms in total. The molecule has 0 saturated carbocycles. The van der Waals surface area contributed by atoms with E-state index in [1.165, 1.54) is 6.07 Å². The van der Waals surface area contributed by atoms with E-state index in [-0.39, 0.29) is 24.0 Å². The van der Waals surface area contributed by atoms with Crippen molar-refractivity contribution in [3.05, 3.63) is 18.2 Å². The van der Waals surface area contributed by atoms with Crippen LogP contribution in [0.2, 0.25) is 0 Å². The maximum absolute atomic E-state index is 11.3. The Balaban J connectivity index is 2.42. The first-order valence-corrected chi connectivity index (χ1v) is 4.19. The molecule has 0 fully saturated rings. The SMILES string of the molecule is NC1COc2c(O)cccc2NC1=O. The van der Waals surface area contributed by atoms with Gasteiger partial charge in [-0.05, 0) is 12.1 Å². The summed E-state index contributed by atoms with van der Waals surface area (Å²) >= 11 is 0. The lowest BCUT2D eigenvalue weighted by atomic mass is 10.2. The molecule has 0 saturated heterocycles. The zero-order valence-electron chi connectivity index (χ0n) is 7.36. The molecular weight excluding hydrogens is 184 g/mol. The fraction of sp³-hybridized carbons (Fsp3) is 0.222. The van der Waals surface area contributed by atoms with E-state index in [1.807, 2.05) is 0 Å². The van der Waals surface area contributed by atoms with Gasteiger partial charge in [0.1, 0.15) is 12.6 Å². The number of carbonyl (C=O) groups excluding carboxylic acids is 1. The predicted octanol–water partition coefficient (Wildman–Crippen LogP) is 0.0504. The zero-order chi connectivity index (χ0) is 10.1. The van der Waals surface area contributed by atoms with Gasteiger partial charge in [0.2, 0.25) is 5.91 Å². The highest BCUT2D eigenvalue weighted by Crippen LogP contribution is 2.35. The number of nitrogens with one attached hydrogen (secondary N) is 1. The highest BCUT2D eigenvalue weighted by molar-refractivity contribution is 5.97. The van der Waals surface area contributed by atoms with Gasteiger partial charge in [-0.15, -0.1) is 0 Å². The quantitative estimate of drug-likeness (QED) is 0.544. The van der Waals surface area contributed by atoms with E-state index in [0.717, 1.165) is 0 Å². The summed E-state index contributed by atoms with van der Waals surface area (Å²) in [5.74, 6) is -0.0416. The second kappa shape index (κ2) is 3.19. The average molecular weight is 194 g/mol. The fourth-order valence-electron chi connectivity index (χ4n) is 1.25. The minimum Gasteiger partial charge on any atom is -0.504 e. The Morgan fingerprint density at radius 2 is 2.36 bits per heavy atom. The third-order valence-corrected chi connectivity index (χ3v) is 2.00. The number of phenolic OH excluding ortho intramolecular Hbond substituents is 1. The molecule has 4 N–H and O–H groups in total. The van der Waals surface area contributed by atoms with Crippen LogP contribution in [0.1, 0.15) is 0 Å². The van der Waals surface area contributed by atoms with Crippen LogP contribution in [0.5, 0.6) is 11.5 Å². The molecule has 1 aliphatic rings. The molecule has 0 bridgehead atoms. The minimum absolute atomic E-state index is 0.00287. The Kier molecular flexibility index (Phi) is 2.01. The molecular formula is C9H10N2O3. The van der Waals surface area contributed by atoms with Gasteiger partial charge in [-0.3, -0.25) is 4.79 Å². The largest absolute Gasteiger partial charge is 0.504 e. The van der Waals surface area contributed by atoms with Crippen LogP contribution in [0.15, 0.2) is 18.2 Å². The number of hydrogen-bond acceptors (Lipinski definition) is 4. The molecule has 2 rings (SSSR count). The summed E-state index contributed by atoms with van der Waals surface area (Å²) in [4.78, 5) is 11.3. The van der Waals surface area contributed by atoms with Gasteiger partial charge in [-0.1, -0.05) is 6.07 Å². The van der Waals surface area contributed by atoms with E-state index in [1.54, 1.807) is 12.1 Å². The maximum Gasteiger partial charge on any atom is 0.244 e. The van der Waals surface area contributed by atoms with E-state index in [2.05, 4.69) is 5.32 Å². The summed E-state index contributed by atoms with van der Waals surface area (Å²) in [6.07, 6.45) is 0. The number of aromatic hydroxyl groups is 1. The van der Waals surface area contributed by atoms with Crippen LogP contribution in [0, 0.1) is 0 Å². The van der Waals surface area contributed by atoms with Crippen LogP contribution in [-0.2, 0) is 4.79 Å². The molecule has 1 heterocycles. The van der Waals surface area contributed by atoms with Gasteiger partial charge in [0.25, 0.3) is 0 Å². The Labute approximate surface area is 80.5 Å². The average Bonchev–Trinajstić information content (AvgIpc) is 2.29. The van der Waals surface area contributed by atoms with E-state index in [4.69, 9.17) is 10.5 Å². The summed E-state index contributed by atoms with van der Waals surface area (Å²) in [6, 6.07) is 4.04. The molecule has 0 aromatic heterocycles. The third kappa shape index (κ3) is 1.38. The van der Waals surface area contributed by atoms with E-state index in [9.17, 15) is 9.90 Å². The first-order valence-electron chi connectivity index (χ1n) is 4.19. The summed E-state index contributed by atoms with van der Waals surface area (Å²) in [5.41, 5.74) is 5.94. The number of carbonyl (C=O) groups is 1. The van der Waals surface area contributed by atoms with Crippen LogP contribution in [-0.4, -0.2) is 23.7 Å². The van der Waals surface area contributed by atoms with Gasteiger partial charge in [0, 0.05) is 0 Å². The highest BCUT2D eigenvalue weighted by Gasteiger charge is 2.22. The number of amides is 1. The lowest BCUT2D eigenvalue weighted by molar-refractivity contribution is -0.117. The van der Waals surface area contributed by atoms with Crippen LogP contribution in [0.25, 0.3) is 0 Å². The van der Waals surface area contributed by atoms with Crippen LogP contribution in [0.3, 0.4) is 0 Å². The van der Waals surface area contributed by atoms with Gasteiger partial charge in [-0.2, -0.15) is 0 Å². The van der Waals surface area contributed by atoms with Crippen molar-refractivity contribution in [3.63, 3.8) is 0 Å². The van der Waals surface area contributed by atoms with Gasteiger partial charge >= 0.3 is 0 Å². The number of phenols is 1. The molecule has 0 aliphatic carbocycles. The highest BCUT2D eigenvalue weighted by atomic mass is 16.5. The Morgan fingerprint density at radius 1 is 1.57 bits per heavy atom. The van der Waals surface area contributed by atoms with Crippen molar-refractivity contribution in [2.24, 2.45) is 5.73 Å². The summed E-state index contributed by atoms with van der Waals surface area (Å²) in [6.45, 7) is 0.0659. The second-order valence-corrected chi connectivity index (χ2v) is 3.06. The number of ether oxygens (including phenoxy) is 1. The molecule has 1 aromatic rings. The molecule has 1 amide bonds. The Hall–Kier alpha value is -1.75. The molecule has 14 heavy (non-hydrogen) atoms. The van der Waals surface area contributed by atoms with Gasteiger partial charge in [0.05, 0.1) is 5.69 Å². The molecule has 1 atom stereocenters. The molecule has 5 heteroatoms. The van der Waals surface area contributed by atoms with Crippen molar-refractivity contribution in [2.75, 3.05) is 11.9 Å². The molecule has 1 aliphatic heterocycles. The number of rotatable bonds is 0. The topological polar surface area (TPSA) is 84.6 Å². The van der Waals surface area contributed by atoms with Crippen molar-refractivity contribution in [3.8, 4) is 11.5 Å². The normalized spacial score (nSPS) is 20.4. The summed E-state index contributed by atoms with van der Waals surface area (Å²) in [5, 5.41) is 12.0. The number of anilines is 1.